The second-order valence-corrected chi connectivity index (χ2v) is 5.29. The first-order valence-corrected chi connectivity index (χ1v) is 6.73. The predicted octanol–water partition coefficient (Wildman–Crippen LogP) is -0.948. The Labute approximate surface area is 104 Å². The van der Waals surface area contributed by atoms with Crippen LogP contribution in [0.4, 0.5) is 0 Å². The molecule has 96 valence electrons. The van der Waals surface area contributed by atoms with Crippen LogP contribution in [0.25, 0.3) is 11.4 Å². The van der Waals surface area contributed by atoms with Crippen molar-refractivity contribution in [2.45, 2.75) is 6.54 Å². The van der Waals surface area contributed by atoms with Crippen LogP contribution in [0.1, 0.15) is 0 Å². The summed E-state index contributed by atoms with van der Waals surface area (Å²) in [5.41, 5.74) is 0.784. The van der Waals surface area contributed by atoms with E-state index in [1.165, 1.54) is 4.80 Å². The molecule has 0 amide bonds. The van der Waals surface area contributed by atoms with Crippen LogP contribution in [0.2, 0.25) is 0 Å². The smallest absolute Gasteiger partial charge is 0.271 e. The van der Waals surface area contributed by atoms with Crippen LogP contribution in [0, 0.1) is 0 Å². The minimum Gasteiger partial charge on any atom is -0.285 e. The van der Waals surface area contributed by atoms with Gasteiger partial charge in [-0.2, -0.15) is 13.2 Å². The van der Waals surface area contributed by atoms with Crippen molar-refractivity contribution in [3.63, 3.8) is 0 Å². The minimum atomic E-state index is -3.94. The van der Waals surface area contributed by atoms with E-state index in [4.69, 9.17) is 4.55 Å². The summed E-state index contributed by atoms with van der Waals surface area (Å²) in [7, 11) is -2.27. The van der Waals surface area contributed by atoms with Crippen LogP contribution in [0.15, 0.2) is 24.5 Å². The summed E-state index contributed by atoms with van der Waals surface area (Å²) in [6.45, 7) is 0.188. The normalized spacial score (nSPS) is 11.7. The highest BCUT2D eigenvalue weighted by atomic mass is 32.2. The molecule has 0 aliphatic heterocycles. The van der Waals surface area contributed by atoms with Crippen LogP contribution in [-0.2, 0) is 23.7 Å². The number of hydrogen-bond donors (Lipinski definition) is 1. The van der Waals surface area contributed by atoms with Gasteiger partial charge in [0.2, 0.25) is 5.82 Å². The van der Waals surface area contributed by atoms with E-state index in [-0.39, 0.29) is 12.3 Å². The monoisotopic (exact) mass is 270 g/mol. The molecule has 8 nitrogen and oxygen atoms in total. The van der Waals surface area contributed by atoms with E-state index in [0.29, 0.717) is 5.82 Å². The predicted molar refractivity (Wildman–Crippen MR) is 60.8 cm³/mol. The maximum atomic E-state index is 10.6. The van der Waals surface area contributed by atoms with E-state index < -0.39 is 10.1 Å². The Balaban J connectivity index is 2.10. The average molecular weight is 270 g/mol. The van der Waals surface area contributed by atoms with Gasteiger partial charge < -0.3 is 0 Å². The van der Waals surface area contributed by atoms with Gasteiger partial charge in [0, 0.05) is 17.7 Å². The van der Waals surface area contributed by atoms with Gasteiger partial charge in [-0.25, -0.2) is 4.57 Å². The molecule has 2 aromatic heterocycles. The first kappa shape index (κ1) is 12.6. The second-order valence-electron chi connectivity index (χ2n) is 3.71. The van der Waals surface area contributed by atoms with Crippen molar-refractivity contribution in [3.8, 4) is 11.4 Å². The molecule has 18 heavy (non-hydrogen) atoms. The zero-order valence-corrected chi connectivity index (χ0v) is 10.4. The molecular formula is C9H12N5O3S+. The fourth-order valence-electron chi connectivity index (χ4n) is 1.38. The second kappa shape index (κ2) is 4.78. The topological polar surface area (TPSA) is 102 Å². The zero-order valence-electron chi connectivity index (χ0n) is 9.63. The lowest BCUT2D eigenvalue weighted by Gasteiger charge is -1.96. The fourth-order valence-corrected chi connectivity index (χ4v) is 1.82. The molecule has 0 aliphatic carbocycles. The molecule has 2 aromatic rings. The largest absolute Gasteiger partial charge is 0.285 e. The summed E-state index contributed by atoms with van der Waals surface area (Å²) in [6.07, 6.45) is 3.38. The molecule has 2 heterocycles. The molecule has 0 atom stereocenters. The third kappa shape index (κ3) is 3.31. The maximum absolute atomic E-state index is 10.6. The third-order valence-electron chi connectivity index (χ3n) is 2.27. The number of pyridine rings is 1. The quantitative estimate of drug-likeness (QED) is 0.568. The summed E-state index contributed by atoms with van der Waals surface area (Å²) in [5, 5.41) is 11.6. The number of nitrogens with zero attached hydrogens (tertiary/aromatic N) is 5. The molecule has 0 saturated carbocycles. The van der Waals surface area contributed by atoms with Crippen LogP contribution in [0.3, 0.4) is 0 Å². The average Bonchev–Trinajstić information content (AvgIpc) is 2.73. The van der Waals surface area contributed by atoms with Gasteiger partial charge >= 0.3 is 0 Å². The lowest BCUT2D eigenvalue weighted by Crippen LogP contribution is -2.36. The highest BCUT2D eigenvalue weighted by Gasteiger charge is 2.11. The molecule has 2 rings (SSSR count). The Morgan fingerprint density at radius 3 is 2.56 bits per heavy atom. The molecule has 0 radical (unpaired) electrons. The Kier molecular flexibility index (Phi) is 3.34. The van der Waals surface area contributed by atoms with Crippen molar-refractivity contribution in [1.82, 2.24) is 20.2 Å². The third-order valence-corrected chi connectivity index (χ3v) is 2.96. The van der Waals surface area contributed by atoms with Gasteiger partial charge in [0.1, 0.15) is 5.75 Å². The van der Waals surface area contributed by atoms with Crippen molar-refractivity contribution >= 4 is 10.1 Å². The van der Waals surface area contributed by atoms with Crippen molar-refractivity contribution < 1.29 is 17.5 Å². The van der Waals surface area contributed by atoms with Gasteiger partial charge in [-0.1, -0.05) is 0 Å². The molecule has 9 heteroatoms. The lowest BCUT2D eigenvalue weighted by molar-refractivity contribution is -0.692. The molecule has 0 fully saturated rings. The maximum Gasteiger partial charge on any atom is 0.271 e. The van der Waals surface area contributed by atoms with Gasteiger partial charge in [0.05, 0.1) is 7.05 Å². The number of tetrazole rings is 1. The van der Waals surface area contributed by atoms with Crippen LogP contribution >= 0.6 is 0 Å². The van der Waals surface area contributed by atoms with Crippen molar-refractivity contribution in [1.29, 1.82) is 0 Å². The summed E-state index contributed by atoms with van der Waals surface area (Å²) in [5.74, 6) is 0.180. The summed E-state index contributed by atoms with van der Waals surface area (Å²) in [4.78, 5) is 1.36. The highest BCUT2D eigenvalue weighted by Crippen LogP contribution is 2.09. The molecule has 1 N–H and O–H groups in total. The Hall–Kier alpha value is -1.87. The Morgan fingerprint density at radius 2 is 2.06 bits per heavy atom. The van der Waals surface area contributed by atoms with E-state index in [9.17, 15) is 8.42 Å². The van der Waals surface area contributed by atoms with E-state index in [1.54, 1.807) is 36.1 Å². The standard InChI is InChI=1S/C9H11N5O3S/c1-13-11-9(10-12-13)8-2-4-14(5-3-8)6-7-18(15,16)17/h2-5H,6-7H2,1H3/p+1. The summed E-state index contributed by atoms with van der Waals surface area (Å²) in [6, 6.07) is 3.50. The first-order valence-electron chi connectivity index (χ1n) is 5.13. The Morgan fingerprint density at radius 1 is 1.39 bits per heavy atom. The van der Waals surface area contributed by atoms with E-state index in [0.717, 1.165) is 5.56 Å². The molecule has 0 bridgehead atoms. The molecule has 0 aliphatic rings. The summed E-state index contributed by atoms with van der Waals surface area (Å²) < 4.78 is 31.5. The van der Waals surface area contributed by atoms with Gasteiger partial charge in [-0.05, 0) is 5.21 Å². The molecular weight excluding hydrogens is 258 g/mol. The number of rotatable bonds is 4. The van der Waals surface area contributed by atoms with Gasteiger partial charge in [-0.3, -0.25) is 4.55 Å². The minimum absolute atomic E-state index is 0.188. The SMILES string of the molecule is Cn1nnc(-c2cc[n+](CCS(=O)(=O)O)cc2)n1. The molecule has 0 saturated heterocycles. The van der Waals surface area contributed by atoms with Crippen molar-refractivity contribution in [3.05, 3.63) is 24.5 Å². The van der Waals surface area contributed by atoms with E-state index >= 15 is 0 Å². The van der Waals surface area contributed by atoms with E-state index in [1.807, 2.05) is 0 Å². The number of aromatic nitrogens is 5. The molecule has 0 spiro atoms. The van der Waals surface area contributed by atoms with Gasteiger partial charge in [0.15, 0.2) is 18.9 Å². The fraction of sp³-hybridized carbons (Fsp3) is 0.333. The van der Waals surface area contributed by atoms with E-state index in [2.05, 4.69) is 15.4 Å². The molecule has 0 unspecified atom stereocenters. The van der Waals surface area contributed by atoms with Crippen molar-refractivity contribution in [2.24, 2.45) is 7.05 Å². The Bertz CT molecular complexity index is 634. The highest BCUT2D eigenvalue weighted by molar-refractivity contribution is 7.85. The number of hydrogen-bond acceptors (Lipinski definition) is 5. The zero-order chi connectivity index (χ0) is 13.2. The lowest BCUT2D eigenvalue weighted by atomic mass is 10.2. The van der Waals surface area contributed by atoms with Crippen LogP contribution < -0.4 is 4.57 Å². The van der Waals surface area contributed by atoms with Gasteiger partial charge in [-0.15, -0.1) is 10.2 Å². The van der Waals surface area contributed by atoms with Crippen LogP contribution in [0.5, 0.6) is 0 Å². The first-order chi connectivity index (χ1) is 8.44. The van der Waals surface area contributed by atoms with Crippen LogP contribution in [-0.4, -0.2) is 38.9 Å². The van der Waals surface area contributed by atoms with Crippen molar-refractivity contribution in [2.75, 3.05) is 5.75 Å². The van der Waals surface area contributed by atoms with Gasteiger partial charge in [0.25, 0.3) is 10.1 Å². The number of aryl methyl sites for hydroxylation is 2. The molecule has 0 aromatic carbocycles. The summed E-state index contributed by atoms with van der Waals surface area (Å²) >= 11 is 0.